The summed E-state index contributed by atoms with van der Waals surface area (Å²) in [5.41, 5.74) is -1.11. The molecule has 7 nitrogen and oxygen atoms in total. The number of esters is 1. The molecule has 1 atom stereocenters. The molecule has 0 fully saturated rings. The summed E-state index contributed by atoms with van der Waals surface area (Å²) in [6.07, 6.45) is 0.886. The Hall–Kier alpha value is -2.06. The van der Waals surface area contributed by atoms with E-state index in [9.17, 15) is 18.0 Å². The monoisotopic (exact) mass is 359 g/mol. The van der Waals surface area contributed by atoms with E-state index < -0.39 is 39.0 Å². The van der Waals surface area contributed by atoms with Gasteiger partial charge in [-0.15, -0.1) is 0 Å². The molecule has 0 bridgehead atoms. The Labute approximate surface area is 138 Å². The zero-order valence-electron chi connectivity index (χ0n) is 12.5. The molecular weight excluding hydrogens is 346 g/mol. The van der Waals surface area contributed by atoms with Crippen LogP contribution in [0.4, 0.5) is 0 Å². The van der Waals surface area contributed by atoms with Gasteiger partial charge in [-0.1, -0.05) is 23.7 Å². The predicted octanol–water partition coefficient (Wildman–Crippen LogP) is 1.44. The molecule has 0 saturated heterocycles. The highest BCUT2D eigenvalue weighted by Gasteiger charge is 2.50. The van der Waals surface area contributed by atoms with Gasteiger partial charge in [-0.25, -0.2) is 8.42 Å². The van der Waals surface area contributed by atoms with Crippen LogP contribution in [0.2, 0.25) is 5.02 Å². The first-order valence-electron chi connectivity index (χ1n) is 6.43. The number of carbonyl (C=O) groups is 2. The van der Waals surface area contributed by atoms with Gasteiger partial charge in [-0.2, -0.15) is 0 Å². The van der Waals surface area contributed by atoms with E-state index in [1.807, 2.05) is 4.72 Å². The number of carbonyl (C=O) groups excluding carboxylic acids is 2. The van der Waals surface area contributed by atoms with Crippen LogP contribution in [0, 0.1) is 0 Å². The summed E-state index contributed by atoms with van der Waals surface area (Å²) in [5.74, 6) is -2.36. The molecule has 0 aliphatic carbocycles. The summed E-state index contributed by atoms with van der Waals surface area (Å²) in [7, 11) is -3.74. The molecule has 0 aromatic heterocycles. The second-order valence-electron chi connectivity index (χ2n) is 5.10. The molecule has 9 heteroatoms. The van der Waals surface area contributed by atoms with Gasteiger partial charge in [0.2, 0.25) is 21.7 Å². The smallest absolute Gasteiger partial charge is 0.308 e. The van der Waals surface area contributed by atoms with Gasteiger partial charge in [-0.3, -0.25) is 14.3 Å². The van der Waals surface area contributed by atoms with Crippen molar-refractivity contribution >= 4 is 33.4 Å². The van der Waals surface area contributed by atoms with Crippen LogP contribution in [0.25, 0.3) is 0 Å². The Bertz CT molecular complexity index is 799. The highest BCUT2D eigenvalue weighted by atomic mass is 35.5. The number of benzene rings is 1. The summed E-state index contributed by atoms with van der Waals surface area (Å²) in [5, 5.41) is 0.463. The summed E-state index contributed by atoms with van der Waals surface area (Å²) >= 11 is 5.82. The fourth-order valence-corrected chi connectivity index (χ4v) is 2.64. The van der Waals surface area contributed by atoms with E-state index in [1.54, 1.807) is 24.3 Å². The molecule has 1 aromatic carbocycles. The maximum atomic E-state index is 12.6. The average molecular weight is 360 g/mol. The normalized spacial score (nSPS) is 21.1. The van der Waals surface area contributed by atoms with Gasteiger partial charge < -0.3 is 9.47 Å². The van der Waals surface area contributed by atoms with Gasteiger partial charge in [0.25, 0.3) is 5.78 Å². The average Bonchev–Trinajstić information content (AvgIpc) is 2.62. The fourth-order valence-electron chi connectivity index (χ4n) is 2.05. The number of rotatable bonds is 4. The molecule has 1 aliphatic rings. The molecule has 0 spiro atoms. The van der Waals surface area contributed by atoms with Gasteiger partial charge in [-0.05, 0) is 19.1 Å². The maximum Gasteiger partial charge on any atom is 0.308 e. The topological polar surface area (TPSA) is 98.8 Å². The lowest BCUT2D eigenvalue weighted by molar-refractivity contribution is -0.142. The van der Waals surface area contributed by atoms with E-state index in [0.29, 0.717) is 10.6 Å². The van der Waals surface area contributed by atoms with E-state index in [2.05, 4.69) is 0 Å². The van der Waals surface area contributed by atoms with Gasteiger partial charge in [0.05, 0.1) is 6.26 Å². The molecule has 0 amide bonds. The number of hydrogen-bond acceptors (Lipinski definition) is 6. The van der Waals surface area contributed by atoms with Gasteiger partial charge in [0, 0.05) is 17.5 Å². The number of sulfonamides is 1. The standard InChI is InChI=1S/C14H14ClNO6S/c1-8(17)21-11-12(18)14(2,9-4-6-10(15)7-5-9)22-13(11)16-23(3,19)20/h4-7,16H,1-3H3. The molecule has 1 unspecified atom stereocenters. The predicted molar refractivity (Wildman–Crippen MR) is 81.7 cm³/mol. The van der Waals surface area contributed by atoms with Crippen molar-refractivity contribution in [2.45, 2.75) is 19.4 Å². The number of hydrogen-bond donors (Lipinski definition) is 1. The largest absolute Gasteiger partial charge is 0.456 e. The first kappa shape index (κ1) is 17.3. The molecule has 23 heavy (non-hydrogen) atoms. The number of nitrogens with one attached hydrogen (secondary N) is 1. The van der Waals surface area contributed by atoms with Crippen LogP contribution in [-0.4, -0.2) is 26.4 Å². The third-order valence-electron chi connectivity index (χ3n) is 3.07. The maximum absolute atomic E-state index is 12.6. The Morgan fingerprint density at radius 3 is 2.35 bits per heavy atom. The van der Waals surface area contributed by atoms with Crippen molar-refractivity contribution in [1.29, 1.82) is 0 Å². The summed E-state index contributed by atoms with van der Waals surface area (Å²) < 4.78 is 35.2. The van der Waals surface area contributed by atoms with Crippen LogP contribution in [-0.2, 0) is 34.7 Å². The second kappa shape index (κ2) is 5.86. The number of halogens is 1. The third-order valence-corrected chi connectivity index (χ3v) is 3.88. The van der Waals surface area contributed by atoms with Crippen molar-refractivity contribution in [3.63, 3.8) is 0 Å². The second-order valence-corrected chi connectivity index (χ2v) is 7.28. The molecule has 124 valence electrons. The quantitative estimate of drug-likeness (QED) is 0.817. The first-order chi connectivity index (χ1) is 10.5. The third kappa shape index (κ3) is 3.65. The van der Waals surface area contributed by atoms with Crippen LogP contribution in [0.15, 0.2) is 35.9 Å². The molecule has 0 saturated carbocycles. The Morgan fingerprint density at radius 1 is 1.30 bits per heavy atom. The van der Waals surface area contributed by atoms with Crippen molar-refractivity contribution < 1.29 is 27.5 Å². The summed E-state index contributed by atoms with van der Waals surface area (Å²) in [4.78, 5) is 23.8. The van der Waals surface area contributed by atoms with Crippen LogP contribution in [0.5, 0.6) is 0 Å². The Kier molecular flexibility index (Phi) is 4.41. The lowest BCUT2D eigenvalue weighted by Crippen LogP contribution is -2.32. The Morgan fingerprint density at radius 2 is 1.87 bits per heavy atom. The van der Waals surface area contributed by atoms with Crippen LogP contribution in [0.3, 0.4) is 0 Å². The van der Waals surface area contributed by atoms with Crippen molar-refractivity contribution in [2.24, 2.45) is 0 Å². The van der Waals surface area contributed by atoms with Crippen molar-refractivity contribution in [1.82, 2.24) is 4.72 Å². The van der Waals surface area contributed by atoms with Crippen molar-refractivity contribution in [2.75, 3.05) is 6.26 Å². The van der Waals surface area contributed by atoms with Gasteiger partial charge in [0.1, 0.15) is 0 Å². The molecule has 1 aliphatic heterocycles. The molecule has 0 radical (unpaired) electrons. The summed E-state index contributed by atoms with van der Waals surface area (Å²) in [6, 6.07) is 6.25. The zero-order valence-corrected chi connectivity index (χ0v) is 14.1. The SMILES string of the molecule is CC(=O)OC1=C(NS(C)(=O)=O)OC(C)(c2ccc(Cl)cc2)C1=O. The minimum absolute atomic E-state index is 0.426. The lowest BCUT2D eigenvalue weighted by Gasteiger charge is -2.23. The van der Waals surface area contributed by atoms with Crippen LogP contribution < -0.4 is 4.72 Å². The Balaban J connectivity index is 2.47. The summed E-state index contributed by atoms with van der Waals surface area (Å²) in [6.45, 7) is 2.54. The van der Waals surface area contributed by atoms with E-state index in [-0.39, 0.29) is 0 Å². The number of Topliss-reactive ketones (excluding diaryl/α,β-unsaturated/α-hetero) is 1. The van der Waals surface area contributed by atoms with E-state index >= 15 is 0 Å². The minimum atomic E-state index is -3.74. The first-order valence-corrected chi connectivity index (χ1v) is 8.70. The van der Waals surface area contributed by atoms with Crippen LogP contribution in [0.1, 0.15) is 19.4 Å². The number of ketones is 1. The molecular formula is C14H14ClNO6S. The van der Waals surface area contributed by atoms with Gasteiger partial charge in [0.15, 0.2) is 5.60 Å². The van der Waals surface area contributed by atoms with Crippen LogP contribution >= 0.6 is 11.6 Å². The molecule has 1 heterocycles. The van der Waals surface area contributed by atoms with E-state index in [0.717, 1.165) is 13.2 Å². The fraction of sp³-hybridized carbons (Fsp3) is 0.286. The number of ether oxygens (including phenoxy) is 2. The van der Waals surface area contributed by atoms with E-state index in [4.69, 9.17) is 21.1 Å². The molecule has 1 N–H and O–H groups in total. The zero-order chi connectivity index (χ0) is 17.4. The van der Waals surface area contributed by atoms with E-state index in [1.165, 1.54) is 6.92 Å². The molecule has 2 rings (SSSR count). The lowest BCUT2D eigenvalue weighted by atomic mass is 9.92. The van der Waals surface area contributed by atoms with Gasteiger partial charge >= 0.3 is 5.97 Å². The highest BCUT2D eigenvalue weighted by molar-refractivity contribution is 7.88. The molecule has 1 aromatic rings. The van der Waals surface area contributed by atoms with Crippen molar-refractivity contribution in [3.8, 4) is 0 Å². The van der Waals surface area contributed by atoms with Crippen molar-refractivity contribution in [3.05, 3.63) is 46.5 Å². The minimum Gasteiger partial charge on any atom is -0.456 e. The highest BCUT2D eigenvalue weighted by Crippen LogP contribution is 2.38.